The number of carbonyl (C=O) groups excluding carboxylic acids is 1. The standard InChI is InChI=1S/C13H21N3O/c1-11(12-5-4-6-14-10-12)9-13(17)15-16-7-2-3-8-16/h2-3,7-8,11-12,14H,4-6,9-10H2,1H3,(H,15,17). The molecule has 1 fully saturated rings. The Bertz CT molecular complexity index is 342. The number of amides is 1. The zero-order valence-electron chi connectivity index (χ0n) is 10.4. The van der Waals surface area contributed by atoms with Gasteiger partial charge >= 0.3 is 0 Å². The van der Waals surface area contributed by atoms with E-state index in [2.05, 4.69) is 17.7 Å². The molecule has 0 saturated carbocycles. The van der Waals surface area contributed by atoms with Gasteiger partial charge in [0.15, 0.2) is 0 Å². The Balaban J connectivity index is 1.77. The largest absolute Gasteiger partial charge is 0.316 e. The molecule has 2 N–H and O–H groups in total. The van der Waals surface area contributed by atoms with E-state index in [1.807, 2.05) is 24.5 Å². The van der Waals surface area contributed by atoms with E-state index in [0.29, 0.717) is 18.3 Å². The second-order valence-electron chi connectivity index (χ2n) is 4.91. The first-order valence-electron chi connectivity index (χ1n) is 6.39. The molecular weight excluding hydrogens is 214 g/mol. The molecule has 4 heteroatoms. The minimum atomic E-state index is 0.0965. The van der Waals surface area contributed by atoms with Crippen LogP contribution in [0.1, 0.15) is 26.2 Å². The van der Waals surface area contributed by atoms with Crippen LogP contribution < -0.4 is 10.7 Å². The van der Waals surface area contributed by atoms with Crippen molar-refractivity contribution in [2.45, 2.75) is 26.2 Å². The van der Waals surface area contributed by atoms with Gasteiger partial charge in [0.25, 0.3) is 0 Å². The summed E-state index contributed by atoms with van der Waals surface area (Å²) in [6.45, 7) is 4.35. The molecule has 2 unspecified atom stereocenters. The Kier molecular flexibility index (Phi) is 4.20. The number of rotatable bonds is 4. The van der Waals surface area contributed by atoms with Crippen LogP contribution in [0.15, 0.2) is 24.5 Å². The van der Waals surface area contributed by atoms with E-state index < -0.39 is 0 Å². The van der Waals surface area contributed by atoms with Crippen LogP contribution >= 0.6 is 0 Å². The number of nitrogens with one attached hydrogen (secondary N) is 2. The molecule has 0 bridgehead atoms. The van der Waals surface area contributed by atoms with E-state index in [4.69, 9.17) is 0 Å². The molecule has 2 atom stereocenters. The lowest BCUT2D eigenvalue weighted by Gasteiger charge is -2.28. The minimum Gasteiger partial charge on any atom is -0.316 e. The minimum absolute atomic E-state index is 0.0965. The second-order valence-corrected chi connectivity index (χ2v) is 4.91. The summed E-state index contributed by atoms with van der Waals surface area (Å²) in [4.78, 5) is 11.8. The number of hydrogen-bond donors (Lipinski definition) is 2. The number of piperidine rings is 1. The smallest absolute Gasteiger partial charge is 0.239 e. The summed E-state index contributed by atoms with van der Waals surface area (Å²) in [5, 5.41) is 3.40. The van der Waals surface area contributed by atoms with Crippen molar-refractivity contribution in [3.63, 3.8) is 0 Å². The first-order chi connectivity index (χ1) is 8.25. The van der Waals surface area contributed by atoms with Gasteiger partial charge in [-0.3, -0.25) is 14.9 Å². The first kappa shape index (κ1) is 12.2. The Labute approximate surface area is 102 Å². The van der Waals surface area contributed by atoms with Crippen LogP contribution in [-0.2, 0) is 4.79 Å². The third-order valence-corrected chi connectivity index (χ3v) is 3.51. The normalized spacial score (nSPS) is 22.1. The summed E-state index contributed by atoms with van der Waals surface area (Å²) in [5.74, 6) is 1.18. The molecule has 4 nitrogen and oxygen atoms in total. The van der Waals surface area contributed by atoms with Gasteiger partial charge in [0.2, 0.25) is 5.91 Å². The van der Waals surface area contributed by atoms with Gasteiger partial charge in [-0.1, -0.05) is 6.92 Å². The highest BCUT2D eigenvalue weighted by Gasteiger charge is 2.21. The summed E-state index contributed by atoms with van der Waals surface area (Å²) in [7, 11) is 0. The van der Waals surface area contributed by atoms with Crippen molar-refractivity contribution in [3.8, 4) is 0 Å². The Morgan fingerprint density at radius 2 is 2.29 bits per heavy atom. The zero-order chi connectivity index (χ0) is 12.1. The summed E-state index contributed by atoms with van der Waals surface area (Å²) < 4.78 is 1.70. The van der Waals surface area contributed by atoms with Crippen molar-refractivity contribution >= 4 is 5.91 Å². The lowest BCUT2D eigenvalue weighted by molar-refractivity contribution is -0.118. The number of nitrogens with zero attached hydrogens (tertiary/aromatic N) is 1. The van der Waals surface area contributed by atoms with E-state index in [0.717, 1.165) is 13.1 Å². The predicted octanol–water partition coefficient (Wildman–Crippen LogP) is 1.58. The highest BCUT2D eigenvalue weighted by atomic mass is 16.2. The Hall–Kier alpha value is -1.29. The fourth-order valence-corrected chi connectivity index (χ4v) is 2.42. The summed E-state index contributed by atoms with van der Waals surface area (Å²) in [6, 6.07) is 3.80. The topological polar surface area (TPSA) is 46.1 Å². The van der Waals surface area contributed by atoms with Crippen molar-refractivity contribution in [2.24, 2.45) is 11.8 Å². The fourth-order valence-electron chi connectivity index (χ4n) is 2.42. The first-order valence-corrected chi connectivity index (χ1v) is 6.39. The molecule has 0 spiro atoms. The molecule has 1 saturated heterocycles. The molecule has 1 aromatic rings. The van der Waals surface area contributed by atoms with Crippen LogP contribution in [0.3, 0.4) is 0 Å². The van der Waals surface area contributed by atoms with E-state index in [9.17, 15) is 4.79 Å². The van der Waals surface area contributed by atoms with Crippen LogP contribution in [-0.4, -0.2) is 23.7 Å². The molecule has 0 radical (unpaired) electrons. The van der Waals surface area contributed by atoms with Crippen molar-refractivity contribution < 1.29 is 4.79 Å². The summed E-state index contributed by atoms with van der Waals surface area (Å²) in [6.07, 6.45) is 6.75. The number of carbonyl (C=O) groups is 1. The van der Waals surface area contributed by atoms with Crippen LogP contribution in [0.4, 0.5) is 0 Å². The quantitative estimate of drug-likeness (QED) is 0.832. The highest BCUT2D eigenvalue weighted by Crippen LogP contribution is 2.22. The maximum Gasteiger partial charge on any atom is 0.239 e. The molecule has 2 rings (SSSR count). The van der Waals surface area contributed by atoms with Gasteiger partial charge in [-0.25, -0.2) is 0 Å². The van der Waals surface area contributed by atoms with Crippen molar-refractivity contribution in [2.75, 3.05) is 18.5 Å². The molecule has 1 aromatic heterocycles. The van der Waals surface area contributed by atoms with Gasteiger partial charge in [-0.05, 0) is 49.9 Å². The second kappa shape index (κ2) is 5.87. The summed E-state index contributed by atoms with van der Waals surface area (Å²) in [5.41, 5.74) is 2.85. The van der Waals surface area contributed by atoms with Crippen molar-refractivity contribution in [1.82, 2.24) is 9.99 Å². The van der Waals surface area contributed by atoms with Gasteiger partial charge in [-0.2, -0.15) is 0 Å². The van der Waals surface area contributed by atoms with Crippen LogP contribution in [0.5, 0.6) is 0 Å². The van der Waals surface area contributed by atoms with Crippen molar-refractivity contribution in [3.05, 3.63) is 24.5 Å². The molecule has 1 aliphatic rings. The zero-order valence-corrected chi connectivity index (χ0v) is 10.4. The SMILES string of the molecule is CC(CC(=O)Nn1cccc1)C1CCCNC1. The van der Waals surface area contributed by atoms with Crippen LogP contribution in [0.25, 0.3) is 0 Å². The molecule has 1 amide bonds. The predicted molar refractivity (Wildman–Crippen MR) is 68.2 cm³/mol. The number of hydrogen-bond acceptors (Lipinski definition) is 2. The molecular formula is C13H21N3O. The van der Waals surface area contributed by atoms with E-state index >= 15 is 0 Å². The molecule has 2 heterocycles. The third-order valence-electron chi connectivity index (χ3n) is 3.51. The third kappa shape index (κ3) is 3.60. The molecule has 0 aromatic carbocycles. The lowest BCUT2D eigenvalue weighted by atomic mass is 9.85. The molecule has 94 valence electrons. The molecule has 17 heavy (non-hydrogen) atoms. The van der Waals surface area contributed by atoms with Gasteiger partial charge < -0.3 is 5.32 Å². The van der Waals surface area contributed by atoms with E-state index in [1.54, 1.807) is 4.68 Å². The number of aromatic nitrogens is 1. The van der Waals surface area contributed by atoms with Crippen LogP contribution in [0.2, 0.25) is 0 Å². The Morgan fingerprint density at radius 1 is 1.53 bits per heavy atom. The van der Waals surface area contributed by atoms with Gasteiger partial charge in [-0.15, -0.1) is 0 Å². The van der Waals surface area contributed by atoms with Gasteiger partial charge in [0, 0.05) is 18.8 Å². The fraction of sp³-hybridized carbons (Fsp3) is 0.615. The average molecular weight is 235 g/mol. The van der Waals surface area contributed by atoms with Crippen molar-refractivity contribution in [1.29, 1.82) is 0 Å². The van der Waals surface area contributed by atoms with E-state index in [1.165, 1.54) is 12.8 Å². The van der Waals surface area contributed by atoms with E-state index in [-0.39, 0.29) is 5.91 Å². The Morgan fingerprint density at radius 3 is 2.94 bits per heavy atom. The van der Waals surface area contributed by atoms with Crippen LogP contribution in [0, 0.1) is 11.8 Å². The maximum absolute atomic E-state index is 11.8. The van der Waals surface area contributed by atoms with Gasteiger partial charge in [0.05, 0.1) is 0 Å². The monoisotopic (exact) mass is 235 g/mol. The maximum atomic E-state index is 11.8. The molecule has 0 aliphatic carbocycles. The summed E-state index contributed by atoms with van der Waals surface area (Å²) >= 11 is 0. The highest BCUT2D eigenvalue weighted by molar-refractivity contribution is 5.83. The molecule has 1 aliphatic heterocycles. The lowest BCUT2D eigenvalue weighted by Crippen LogP contribution is -2.35. The van der Waals surface area contributed by atoms with Gasteiger partial charge in [0.1, 0.15) is 0 Å². The average Bonchev–Trinajstić information content (AvgIpc) is 2.82.